The number of piperidine rings is 1. The van der Waals surface area contributed by atoms with Crippen LogP contribution in [0.1, 0.15) is 60.3 Å². The fraction of sp³-hybridized carbons (Fsp3) is 0.933. The van der Waals surface area contributed by atoms with Crippen LogP contribution in [0.3, 0.4) is 0 Å². The highest BCUT2D eigenvalue weighted by Gasteiger charge is 2.64. The van der Waals surface area contributed by atoms with Crippen LogP contribution in [0, 0.1) is 5.41 Å². The molecule has 1 aliphatic carbocycles. The molecule has 110 valence electrons. The molecule has 0 aromatic rings. The van der Waals surface area contributed by atoms with Gasteiger partial charge in [-0.15, -0.1) is 0 Å². The summed E-state index contributed by atoms with van der Waals surface area (Å²) in [5.41, 5.74) is 6.00. The minimum Gasteiger partial charge on any atom is -0.444 e. The third kappa shape index (κ3) is 2.73. The maximum absolute atomic E-state index is 12.4. The van der Waals surface area contributed by atoms with Crippen LogP contribution in [0.2, 0.25) is 0 Å². The Morgan fingerprint density at radius 2 is 1.89 bits per heavy atom. The number of rotatable bonds is 1. The zero-order valence-electron chi connectivity index (χ0n) is 13.0. The maximum Gasteiger partial charge on any atom is 0.410 e. The summed E-state index contributed by atoms with van der Waals surface area (Å²) < 4.78 is 5.53. The summed E-state index contributed by atoms with van der Waals surface area (Å²) in [5, 5.41) is 0. The second kappa shape index (κ2) is 4.37. The molecule has 0 spiro atoms. The first kappa shape index (κ1) is 14.6. The fourth-order valence-electron chi connectivity index (χ4n) is 3.26. The Morgan fingerprint density at radius 3 is 2.37 bits per heavy atom. The molecular weight excluding hydrogens is 240 g/mol. The summed E-state index contributed by atoms with van der Waals surface area (Å²) in [7, 11) is 0. The highest BCUT2D eigenvalue weighted by atomic mass is 16.6. The molecule has 1 amide bonds. The third-order valence-electron chi connectivity index (χ3n) is 4.59. The molecule has 4 nitrogen and oxygen atoms in total. The molecule has 1 heterocycles. The van der Waals surface area contributed by atoms with Crippen LogP contribution in [0.5, 0.6) is 0 Å². The van der Waals surface area contributed by atoms with Crippen molar-refractivity contribution in [3.8, 4) is 0 Å². The molecule has 2 fully saturated rings. The average molecular weight is 268 g/mol. The number of nitrogens with two attached hydrogens (primary N) is 1. The van der Waals surface area contributed by atoms with Gasteiger partial charge in [-0.2, -0.15) is 0 Å². The van der Waals surface area contributed by atoms with Crippen LogP contribution in [0.15, 0.2) is 0 Å². The van der Waals surface area contributed by atoms with Gasteiger partial charge in [0.05, 0.1) is 6.04 Å². The minimum atomic E-state index is -0.445. The van der Waals surface area contributed by atoms with Gasteiger partial charge in [0, 0.05) is 12.1 Å². The quantitative estimate of drug-likeness (QED) is 0.795. The number of hydrogen-bond acceptors (Lipinski definition) is 3. The largest absolute Gasteiger partial charge is 0.444 e. The van der Waals surface area contributed by atoms with E-state index in [1.807, 2.05) is 25.7 Å². The summed E-state index contributed by atoms with van der Waals surface area (Å²) in [6.45, 7) is 10.9. The number of hydrogen-bond donors (Lipinski definition) is 1. The molecule has 2 atom stereocenters. The van der Waals surface area contributed by atoms with E-state index in [9.17, 15) is 4.79 Å². The Balaban J connectivity index is 2.11. The molecule has 4 heteroatoms. The summed E-state index contributed by atoms with van der Waals surface area (Å²) >= 11 is 0. The molecule has 2 N–H and O–H groups in total. The van der Waals surface area contributed by atoms with Crippen molar-refractivity contribution >= 4 is 6.09 Å². The monoisotopic (exact) mass is 268 g/mol. The molecule has 1 aliphatic heterocycles. The topological polar surface area (TPSA) is 55.6 Å². The van der Waals surface area contributed by atoms with E-state index in [1.54, 1.807) is 0 Å². The number of ether oxygens (including phenoxy) is 1. The molecule has 0 aromatic heterocycles. The van der Waals surface area contributed by atoms with E-state index < -0.39 is 5.60 Å². The van der Waals surface area contributed by atoms with E-state index >= 15 is 0 Å². The summed E-state index contributed by atoms with van der Waals surface area (Å²) in [6.07, 6.45) is 3.98. The van der Waals surface area contributed by atoms with Crippen molar-refractivity contribution in [2.24, 2.45) is 11.1 Å². The van der Waals surface area contributed by atoms with Gasteiger partial charge in [-0.05, 0) is 51.9 Å². The van der Waals surface area contributed by atoms with Crippen LogP contribution >= 0.6 is 0 Å². The van der Waals surface area contributed by atoms with E-state index in [1.165, 1.54) is 0 Å². The van der Waals surface area contributed by atoms with Gasteiger partial charge in [0.25, 0.3) is 0 Å². The fourth-order valence-corrected chi connectivity index (χ4v) is 3.26. The van der Waals surface area contributed by atoms with Gasteiger partial charge in [-0.1, -0.05) is 13.8 Å². The van der Waals surface area contributed by atoms with Crippen molar-refractivity contribution in [1.82, 2.24) is 4.90 Å². The molecule has 2 unspecified atom stereocenters. The van der Waals surface area contributed by atoms with Crippen LogP contribution in [0.4, 0.5) is 4.79 Å². The average Bonchev–Trinajstić information content (AvgIpc) is 2.77. The first-order valence-electron chi connectivity index (χ1n) is 7.35. The van der Waals surface area contributed by atoms with Crippen molar-refractivity contribution in [2.45, 2.75) is 77.5 Å². The Bertz CT molecular complexity index is 373. The Morgan fingerprint density at radius 1 is 1.32 bits per heavy atom. The minimum absolute atomic E-state index is 0.131. The zero-order valence-corrected chi connectivity index (χ0v) is 13.0. The normalized spacial score (nSPS) is 34.0. The number of carbonyl (C=O) groups excluding carboxylic acids is 1. The Kier molecular flexibility index (Phi) is 3.37. The molecule has 1 saturated carbocycles. The van der Waals surface area contributed by atoms with Crippen molar-refractivity contribution < 1.29 is 9.53 Å². The van der Waals surface area contributed by atoms with Crippen LogP contribution < -0.4 is 5.73 Å². The van der Waals surface area contributed by atoms with Crippen molar-refractivity contribution in [3.05, 3.63) is 0 Å². The van der Waals surface area contributed by atoms with Gasteiger partial charge in [0.2, 0.25) is 0 Å². The Hall–Kier alpha value is -0.770. The molecule has 19 heavy (non-hydrogen) atoms. The number of amides is 1. The zero-order chi connectivity index (χ0) is 14.5. The van der Waals surface area contributed by atoms with Crippen molar-refractivity contribution in [3.63, 3.8) is 0 Å². The van der Waals surface area contributed by atoms with E-state index in [-0.39, 0.29) is 23.1 Å². The highest BCUT2D eigenvalue weighted by Crippen LogP contribution is 2.58. The van der Waals surface area contributed by atoms with Gasteiger partial charge >= 0.3 is 6.09 Å². The first-order chi connectivity index (χ1) is 8.57. The van der Waals surface area contributed by atoms with E-state index in [0.717, 1.165) is 32.2 Å². The number of likely N-dealkylation sites (tertiary alicyclic amines) is 1. The van der Waals surface area contributed by atoms with E-state index in [4.69, 9.17) is 10.5 Å². The lowest BCUT2D eigenvalue weighted by Crippen LogP contribution is -2.57. The lowest BCUT2D eigenvalue weighted by atomic mass is 9.89. The smallest absolute Gasteiger partial charge is 0.410 e. The molecule has 2 rings (SSSR count). The van der Waals surface area contributed by atoms with E-state index in [0.29, 0.717) is 0 Å². The predicted molar refractivity (Wildman–Crippen MR) is 75.9 cm³/mol. The second-order valence-electron chi connectivity index (χ2n) is 7.79. The standard InChI is InChI=1S/C15H28N2O2/c1-13(2,3)19-12(18)17-9-7-6-8-11(17)15(16)10-14(15,4)5/h11H,6-10,16H2,1-5H3. The SMILES string of the molecule is CC(C)(C)OC(=O)N1CCCCC1C1(N)CC1(C)C. The first-order valence-corrected chi connectivity index (χ1v) is 7.35. The van der Waals surface area contributed by atoms with Gasteiger partial charge in [0.1, 0.15) is 5.60 Å². The predicted octanol–water partition coefficient (Wildman–Crippen LogP) is 2.90. The third-order valence-corrected chi connectivity index (χ3v) is 4.59. The molecule has 0 bridgehead atoms. The molecular formula is C15H28N2O2. The lowest BCUT2D eigenvalue weighted by molar-refractivity contribution is 0.00313. The van der Waals surface area contributed by atoms with E-state index in [2.05, 4.69) is 13.8 Å². The molecule has 2 aliphatic rings. The Labute approximate surface area is 116 Å². The number of nitrogens with zero attached hydrogens (tertiary/aromatic N) is 1. The molecule has 0 radical (unpaired) electrons. The summed E-state index contributed by atoms with van der Waals surface area (Å²) in [5.74, 6) is 0. The second-order valence-corrected chi connectivity index (χ2v) is 7.79. The van der Waals surface area contributed by atoms with Crippen molar-refractivity contribution in [2.75, 3.05) is 6.54 Å². The van der Waals surface area contributed by atoms with Crippen LogP contribution in [-0.2, 0) is 4.74 Å². The van der Waals surface area contributed by atoms with Crippen LogP contribution in [0.25, 0.3) is 0 Å². The summed E-state index contributed by atoms with van der Waals surface area (Å²) in [4.78, 5) is 14.2. The lowest BCUT2D eigenvalue weighted by Gasteiger charge is -2.41. The molecule has 1 saturated heterocycles. The summed E-state index contributed by atoms with van der Waals surface area (Å²) in [6, 6.07) is 0.131. The molecule has 0 aromatic carbocycles. The van der Waals surface area contributed by atoms with Gasteiger partial charge in [0.15, 0.2) is 0 Å². The van der Waals surface area contributed by atoms with Crippen molar-refractivity contribution in [1.29, 1.82) is 0 Å². The number of carbonyl (C=O) groups is 1. The van der Waals surface area contributed by atoms with Gasteiger partial charge in [-0.3, -0.25) is 0 Å². The van der Waals surface area contributed by atoms with Gasteiger partial charge < -0.3 is 15.4 Å². The van der Waals surface area contributed by atoms with Crippen LogP contribution in [-0.4, -0.2) is 34.7 Å². The van der Waals surface area contributed by atoms with Gasteiger partial charge in [-0.25, -0.2) is 4.79 Å². The highest BCUT2D eigenvalue weighted by molar-refractivity contribution is 5.69. The maximum atomic E-state index is 12.4.